The predicted octanol–water partition coefficient (Wildman–Crippen LogP) is 0.714. The molecule has 0 bridgehead atoms. The van der Waals surface area contributed by atoms with Crippen molar-refractivity contribution < 1.29 is 17.9 Å². The molecule has 0 aliphatic carbocycles. The third kappa shape index (κ3) is 3.81. The average molecular weight is 312 g/mol. The van der Waals surface area contributed by atoms with Crippen LogP contribution in [0, 0.1) is 6.92 Å². The summed E-state index contributed by atoms with van der Waals surface area (Å²) in [4.78, 5) is 12.4. The number of carbonyl (C=O) groups excluding carboxylic acids is 1. The number of ether oxygens (including phenoxy) is 1. The number of amides is 1. The van der Waals surface area contributed by atoms with Crippen LogP contribution in [0.4, 0.5) is 5.69 Å². The highest BCUT2D eigenvalue weighted by Crippen LogP contribution is 2.21. The van der Waals surface area contributed by atoms with Gasteiger partial charge >= 0.3 is 0 Å². The lowest BCUT2D eigenvalue weighted by Gasteiger charge is -2.14. The molecule has 21 heavy (non-hydrogen) atoms. The summed E-state index contributed by atoms with van der Waals surface area (Å²) in [5, 5.41) is 5.87. The number of aryl methyl sites for hydroxylation is 1. The van der Waals surface area contributed by atoms with E-state index in [0.717, 1.165) is 11.8 Å². The number of anilines is 1. The van der Waals surface area contributed by atoms with Crippen LogP contribution in [0.25, 0.3) is 0 Å². The minimum atomic E-state index is -3.30. The topological polar surface area (TPSA) is 84.5 Å². The van der Waals surface area contributed by atoms with Gasteiger partial charge in [-0.1, -0.05) is 6.07 Å². The maximum atomic E-state index is 12.2. The molecule has 2 N–H and O–H groups in total. The minimum Gasteiger partial charge on any atom is -0.380 e. The first-order valence-corrected chi connectivity index (χ1v) is 8.58. The lowest BCUT2D eigenvalue weighted by atomic mass is 10.1. The van der Waals surface area contributed by atoms with Crippen LogP contribution in [0.3, 0.4) is 0 Å². The predicted molar refractivity (Wildman–Crippen MR) is 80.1 cm³/mol. The Morgan fingerprint density at radius 2 is 2.14 bits per heavy atom. The summed E-state index contributed by atoms with van der Waals surface area (Å²) in [5.74, 6) is -0.177. The molecule has 0 radical (unpaired) electrons. The largest absolute Gasteiger partial charge is 0.380 e. The Kier molecular flexibility index (Phi) is 4.65. The molecule has 1 aromatic carbocycles. The summed E-state index contributed by atoms with van der Waals surface area (Å²) in [6.07, 6.45) is 1.78. The molecule has 116 valence electrons. The van der Waals surface area contributed by atoms with Crippen LogP contribution >= 0.6 is 0 Å². The third-order valence-electron chi connectivity index (χ3n) is 3.64. The van der Waals surface area contributed by atoms with E-state index in [1.165, 1.54) is 12.1 Å². The first-order valence-electron chi connectivity index (χ1n) is 6.69. The van der Waals surface area contributed by atoms with Gasteiger partial charge in [0, 0.05) is 25.6 Å². The third-order valence-corrected chi connectivity index (χ3v) is 4.75. The second-order valence-corrected chi connectivity index (χ2v) is 7.31. The number of carbonyl (C=O) groups is 1. The molecule has 0 aromatic heterocycles. The molecule has 1 aromatic rings. The van der Waals surface area contributed by atoms with E-state index >= 15 is 0 Å². The van der Waals surface area contributed by atoms with Crippen LogP contribution in [0.5, 0.6) is 0 Å². The molecule has 0 spiro atoms. The van der Waals surface area contributed by atoms with Crippen molar-refractivity contribution in [2.45, 2.75) is 30.4 Å². The molecule has 0 saturated carbocycles. The molecule has 6 nitrogen and oxygen atoms in total. The quantitative estimate of drug-likeness (QED) is 0.855. The lowest BCUT2D eigenvalue weighted by molar-refractivity contribution is -0.118. The van der Waals surface area contributed by atoms with Crippen molar-refractivity contribution in [3.63, 3.8) is 0 Å². The highest BCUT2D eigenvalue weighted by molar-refractivity contribution is 7.90. The van der Waals surface area contributed by atoms with E-state index in [-0.39, 0.29) is 22.9 Å². The normalized spacial score (nSPS) is 22.2. The number of hydrogen-bond donors (Lipinski definition) is 2. The smallest absolute Gasteiger partial charge is 0.241 e. The maximum Gasteiger partial charge on any atom is 0.241 e. The maximum absolute atomic E-state index is 12.2. The van der Waals surface area contributed by atoms with E-state index in [1.807, 2.05) is 6.92 Å². The molecule has 1 aliphatic heterocycles. The van der Waals surface area contributed by atoms with E-state index in [9.17, 15) is 13.2 Å². The Labute approximate surface area is 124 Å². The van der Waals surface area contributed by atoms with Crippen molar-refractivity contribution in [1.29, 1.82) is 0 Å². The van der Waals surface area contributed by atoms with Crippen molar-refractivity contribution in [3.8, 4) is 0 Å². The fraction of sp³-hybridized carbons (Fsp3) is 0.500. The molecule has 1 heterocycles. The highest BCUT2D eigenvalue weighted by Gasteiger charge is 2.29. The van der Waals surface area contributed by atoms with Gasteiger partial charge in [0.25, 0.3) is 0 Å². The Hall–Kier alpha value is -1.44. The van der Waals surface area contributed by atoms with Gasteiger partial charge in [0.05, 0.1) is 17.0 Å². The number of methoxy groups -OCH3 is 1. The van der Waals surface area contributed by atoms with Crippen molar-refractivity contribution in [1.82, 2.24) is 5.32 Å². The van der Waals surface area contributed by atoms with Crippen LogP contribution in [-0.2, 0) is 19.4 Å². The second-order valence-electron chi connectivity index (χ2n) is 5.29. The molecule has 2 rings (SSSR count). The summed E-state index contributed by atoms with van der Waals surface area (Å²) in [6.45, 7) is 2.46. The number of hydrogen-bond acceptors (Lipinski definition) is 5. The molecule has 1 amide bonds. The van der Waals surface area contributed by atoms with Crippen molar-refractivity contribution >= 4 is 21.4 Å². The molecule has 1 aliphatic rings. The van der Waals surface area contributed by atoms with Gasteiger partial charge in [-0.2, -0.15) is 0 Å². The SMILES string of the molecule is COC1CNC(C(=O)Nc2cc(S(C)(=O)=O)ccc2C)C1. The van der Waals surface area contributed by atoms with Crippen LogP contribution in [0.2, 0.25) is 0 Å². The summed E-state index contributed by atoms with van der Waals surface area (Å²) >= 11 is 0. The molecule has 1 fully saturated rings. The zero-order valence-corrected chi connectivity index (χ0v) is 13.2. The Morgan fingerprint density at radius 3 is 2.71 bits per heavy atom. The van der Waals surface area contributed by atoms with Crippen LogP contribution < -0.4 is 10.6 Å². The molecule has 2 unspecified atom stereocenters. The van der Waals surface area contributed by atoms with E-state index in [1.54, 1.807) is 13.2 Å². The Bertz CT molecular complexity index is 642. The molecule has 1 saturated heterocycles. The summed E-state index contributed by atoms with van der Waals surface area (Å²) in [7, 11) is -1.68. The van der Waals surface area contributed by atoms with Gasteiger partial charge in [-0.05, 0) is 31.0 Å². The average Bonchev–Trinajstić information content (AvgIpc) is 2.88. The lowest BCUT2D eigenvalue weighted by Crippen LogP contribution is -2.35. The van der Waals surface area contributed by atoms with Crippen molar-refractivity contribution in [3.05, 3.63) is 23.8 Å². The minimum absolute atomic E-state index is 0.0317. The van der Waals surface area contributed by atoms with Gasteiger partial charge in [-0.3, -0.25) is 4.79 Å². The monoisotopic (exact) mass is 312 g/mol. The molecular weight excluding hydrogens is 292 g/mol. The standard InChI is InChI=1S/C14H20N2O4S/c1-9-4-5-11(21(3,18)19)7-12(9)16-14(17)13-6-10(20-2)8-15-13/h4-5,7,10,13,15H,6,8H2,1-3H3,(H,16,17). The second kappa shape index (κ2) is 6.13. The molecule has 7 heteroatoms. The first kappa shape index (κ1) is 15.9. The number of sulfone groups is 1. The fourth-order valence-electron chi connectivity index (χ4n) is 2.27. The van der Waals surface area contributed by atoms with Crippen LogP contribution in [-0.4, -0.2) is 46.4 Å². The van der Waals surface area contributed by atoms with E-state index in [4.69, 9.17) is 4.74 Å². The van der Waals surface area contributed by atoms with Gasteiger partial charge in [0.15, 0.2) is 9.84 Å². The van der Waals surface area contributed by atoms with Crippen molar-refractivity contribution in [2.75, 3.05) is 25.2 Å². The van der Waals surface area contributed by atoms with E-state index in [2.05, 4.69) is 10.6 Å². The Morgan fingerprint density at radius 1 is 1.43 bits per heavy atom. The summed E-state index contributed by atoms with van der Waals surface area (Å²) in [5.41, 5.74) is 1.34. The van der Waals surface area contributed by atoms with Gasteiger partial charge in [0.2, 0.25) is 5.91 Å². The number of rotatable bonds is 4. The van der Waals surface area contributed by atoms with Crippen molar-refractivity contribution in [2.24, 2.45) is 0 Å². The summed E-state index contributed by atoms with van der Waals surface area (Å²) in [6, 6.07) is 4.39. The van der Waals surface area contributed by atoms with Gasteiger partial charge in [0.1, 0.15) is 0 Å². The van der Waals surface area contributed by atoms with Crippen LogP contribution in [0.1, 0.15) is 12.0 Å². The number of benzene rings is 1. The highest BCUT2D eigenvalue weighted by atomic mass is 32.2. The van der Waals surface area contributed by atoms with E-state index in [0.29, 0.717) is 18.7 Å². The number of nitrogens with one attached hydrogen (secondary N) is 2. The molecule has 2 atom stereocenters. The van der Waals surface area contributed by atoms with Crippen LogP contribution in [0.15, 0.2) is 23.1 Å². The zero-order valence-electron chi connectivity index (χ0n) is 12.3. The van der Waals surface area contributed by atoms with E-state index < -0.39 is 9.84 Å². The Balaban J connectivity index is 2.14. The fourth-order valence-corrected chi connectivity index (χ4v) is 2.92. The summed E-state index contributed by atoms with van der Waals surface area (Å²) < 4.78 is 28.4. The van der Waals surface area contributed by atoms with Gasteiger partial charge in [-0.25, -0.2) is 8.42 Å². The van der Waals surface area contributed by atoms with Gasteiger partial charge in [-0.15, -0.1) is 0 Å². The zero-order chi connectivity index (χ0) is 15.6. The molecular formula is C14H20N2O4S. The van der Waals surface area contributed by atoms with Gasteiger partial charge < -0.3 is 15.4 Å². The first-order chi connectivity index (χ1) is 9.81.